The molecular weight excluding hydrogens is 425 g/mol. The van der Waals surface area contributed by atoms with Gasteiger partial charge in [0.2, 0.25) is 11.6 Å². The Balaban J connectivity index is 2.14. The van der Waals surface area contributed by atoms with Gasteiger partial charge in [-0.15, -0.1) is 0 Å². The number of aromatic nitrogens is 2. The average Bonchev–Trinajstić information content (AvgIpc) is 2.69. The summed E-state index contributed by atoms with van der Waals surface area (Å²) in [6.45, 7) is 6.11. The highest BCUT2D eigenvalue weighted by Gasteiger charge is 2.30. The topological polar surface area (TPSA) is 88.2 Å². The van der Waals surface area contributed by atoms with E-state index < -0.39 is 35.2 Å². The molecule has 1 aromatic heterocycles. The summed E-state index contributed by atoms with van der Waals surface area (Å²) in [6.07, 6.45) is -2.09. The predicted molar refractivity (Wildman–Crippen MR) is 104 cm³/mol. The molecule has 2 aromatic rings. The highest BCUT2D eigenvalue weighted by Crippen LogP contribution is 2.30. The van der Waals surface area contributed by atoms with Crippen LogP contribution in [-0.4, -0.2) is 29.2 Å². The molecule has 164 valence electrons. The number of alkyl halides is 3. The van der Waals surface area contributed by atoms with Crippen molar-refractivity contribution in [2.45, 2.75) is 6.18 Å². The molecule has 7 nitrogen and oxygen atoms in total. The molecule has 0 aliphatic carbocycles. The zero-order chi connectivity index (χ0) is 23.2. The minimum atomic E-state index is -4.70. The van der Waals surface area contributed by atoms with E-state index in [-0.39, 0.29) is 17.3 Å². The van der Waals surface area contributed by atoms with E-state index in [9.17, 15) is 26.7 Å². The van der Waals surface area contributed by atoms with Gasteiger partial charge in [0.25, 0.3) is 0 Å². The summed E-state index contributed by atoms with van der Waals surface area (Å²) in [5, 5.41) is 6.85. The predicted octanol–water partition coefficient (Wildman–Crippen LogP) is 4.90. The number of hydrogen-bond donors (Lipinski definition) is 3. The van der Waals surface area contributed by atoms with Crippen LogP contribution in [-0.2, 0) is 0 Å². The summed E-state index contributed by atoms with van der Waals surface area (Å²) in [7, 11) is 1.57. The zero-order valence-electron chi connectivity index (χ0n) is 16.0. The second kappa shape index (κ2) is 9.69. The molecule has 3 N–H and O–H groups in total. The normalized spacial score (nSPS) is 11.5. The van der Waals surface area contributed by atoms with Gasteiger partial charge in [-0.1, -0.05) is 13.2 Å². The quantitative estimate of drug-likeness (QED) is 0.420. The van der Waals surface area contributed by atoms with Crippen LogP contribution >= 0.6 is 0 Å². The third kappa shape index (κ3) is 6.52. The molecule has 0 unspecified atom stereocenters. The molecule has 0 fully saturated rings. The molecule has 0 radical (unpaired) electrons. The number of urea groups is 1. The summed E-state index contributed by atoms with van der Waals surface area (Å²) in [5.74, 6) is -2.89. The number of carbonyl (C=O) groups is 1. The van der Waals surface area contributed by atoms with Crippen molar-refractivity contribution >= 4 is 17.5 Å². The van der Waals surface area contributed by atoms with E-state index in [1.54, 1.807) is 7.05 Å². The van der Waals surface area contributed by atoms with E-state index in [1.807, 2.05) is 0 Å². The first-order chi connectivity index (χ1) is 14.5. The third-order valence-electron chi connectivity index (χ3n) is 3.53. The molecule has 31 heavy (non-hydrogen) atoms. The Morgan fingerprint density at radius 3 is 2.35 bits per heavy atom. The summed E-state index contributed by atoms with van der Waals surface area (Å²) >= 11 is 0. The van der Waals surface area contributed by atoms with Crippen molar-refractivity contribution in [3.05, 3.63) is 72.7 Å². The van der Waals surface area contributed by atoms with E-state index in [4.69, 9.17) is 4.74 Å². The number of benzene rings is 1. The number of nitrogens with one attached hydrogen (secondary N) is 3. The van der Waals surface area contributed by atoms with Crippen LogP contribution in [0.1, 0.15) is 0 Å². The summed E-state index contributed by atoms with van der Waals surface area (Å²) in [5.41, 5.74) is -1.88. The van der Waals surface area contributed by atoms with Crippen LogP contribution in [0.3, 0.4) is 0 Å². The van der Waals surface area contributed by atoms with Crippen molar-refractivity contribution in [1.82, 2.24) is 15.3 Å². The van der Waals surface area contributed by atoms with Crippen molar-refractivity contribution in [1.29, 1.82) is 0 Å². The molecule has 0 bridgehead atoms. The number of anilines is 2. The number of halogens is 5. The third-order valence-corrected chi connectivity index (χ3v) is 3.53. The number of hydrogen-bond acceptors (Lipinski definition) is 5. The molecule has 1 heterocycles. The molecule has 0 atom stereocenters. The molecule has 0 spiro atoms. The maximum Gasteiger partial charge on any atom is 0.415 e. The van der Waals surface area contributed by atoms with Crippen molar-refractivity contribution in [2.24, 2.45) is 0 Å². The average molecular weight is 441 g/mol. The minimum absolute atomic E-state index is 0.138. The van der Waals surface area contributed by atoms with Gasteiger partial charge in [0, 0.05) is 36.6 Å². The Hall–Kier alpha value is -3.96. The van der Waals surface area contributed by atoms with Crippen molar-refractivity contribution in [2.75, 3.05) is 17.7 Å². The van der Waals surface area contributed by atoms with Gasteiger partial charge in [-0.25, -0.2) is 23.5 Å². The van der Waals surface area contributed by atoms with E-state index in [2.05, 4.69) is 39.1 Å². The van der Waals surface area contributed by atoms with Crippen molar-refractivity contribution in [3.8, 4) is 11.6 Å². The van der Waals surface area contributed by atoms with Gasteiger partial charge >= 0.3 is 12.2 Å². The van der Waals surface area contributed by atoms with E-state index >= 15 is 0 Å². The number of rotatable bonds is 7. The summed E-state index contributed by atoms with van der Waals surface area (Å²) in [6, 6.07) is 1.74. The van der Waals surface area contributed by atoms with Crippen molar-refractivity contribution < 1.29 is 31.5 Å². The Morgan fingerprint density at radius 2 is 1.81 bits per heavy atom. The van der Waals surface area contributed by atoms with Crippen LogP contribution in [0.4, 0.5) is 38.3 Å². The zero-order valence-corrected chi connectivity index (χ0v) is 16.0. The SMILES string of the molecule is C=C/C(=C\C(=C)C(F)(F)F)NC(=O)Nc1cc(F)c(Oc2cc(NC)ncn2)c(F)c1. The second-order valence-corrected chi connectivity index (χ2v) is 5.77. The monoisotopic (exact) mass is 441 g/mol. The van der Waals surface area contributed by atoms with Crippen LogP contribution in [0.15, 0.2) is 61.1 Å². The van der Waals surface area contributed by atoms with Crippen LogP contribution < -0.4 is 20.7 Å². The van der Waals surface area contributed by atoms with Gasteiger partial charge in [0.1, 0.15) is 12.1 Å². The van der Waals surface area contributed by atoms with Gasteiger partial charge in [0.05, 0.1) is 5.57 Å². The van der Waals surface area contributed by atoms with Crippen LogP contribution in [0.25, 0.3) is 0 Å². The largest absolute Gasteiger partial charge is 0.433 e. The van der Waals surface area contributed by atoms with Crippen LogP contribution in [0.5, 0.6) is 11.6 Å². The molecule has 0 saturated carbocycles. The molecular formula is C19H16F5N5O2. The number of ether oxygens (including phenoxy) is 1. The molecule has 0 aliphatic heterocycles. The summed E-state index contributed by atoms with van der Waals surface area (Å²) in [4.78, 5) is 19.5. The standard InChI is InChI=1S/C19H16F5N5O2/c1-4-11(5-10(2)19(22,23)24)28-18(30)29-12-6-13(20)17(14(21)7-12)31-16-8-15(25-3)26-9-27-16/h4-9H,1-2H2,3H3,(H,25,26,27)(H2,28,29,30)/b11-5+. The first-order valence-electron chi connectivity index (χ1n) is 8.38. The lowest BCUT2D eigenvalue weighted by Crippen LogP contribution is -2.28. The lowest BCUT2D eigenvalue weighted by atomic mass is 10.2. The van der Waals surface area contributed by atoms with Crippen LogP contribution in [0, 0.1) is 11.6 Å². The molecule has 2 rings (SSSR count). The van der Waals surface area contributed by atoms with Crippen molar-refractivity contribution in [3.63, 3.8) is 0 Å². The first-order valence-corrected chi connectivity index (χ1v) is 8.38. The lowest BCUT2D eigenvalue weighted by molar-refractivity contribution is -0.0878. The Labute approximate surface area is 173 Å². The number of amides is 2. The first kappa shape index (κ1) is 23.3. The second-order valence-electron chi connectivity index (χ2n) is 5.77. The lowest BCUT2D eigenvalue weighted by Gasteiger charge is -2.12. The maximum atomic E-state index is 14.3. The van der Waals surface area contributed by atoms with Crippen LogP contribution in [0.2, 0.25) is 0 Å². The van der Waals surface area contributed by atoms with Gasteiger partial charge in [-0.05, 0) is 12.2 Å². The molecule has 0 aliphatic rings. The Kier molecular flexibility index (Phi) is 7.29. The highest BCUT2D eigenvalue weighted by molar-refractivity contribution is 5.90. The minimum Gasteiger partial charge on any atom is -0.433 e. The number of carbonyl (C=O) groups excluding carboxylic acids is 1. The number of nitrogens with zero attached hydrogens (tertiary/aromatic N) is 2. The van der Waals surface area contributed by atoms with E-state index in [0.29, 0.717) is 11.9 Å². The van der Waals surface area contributed by atoms with Gasteiger partial charge in [-0.3, -0.25) is 0 Å². The summed E-state index contributed by atoms with van der Waals surface area (Å²) < 4.78 is 71.3. The molecule has 2 amide bonds. The number of allylic oxidation sites excluding steroid dienone is 3. The van der Waals surface area contributed by atoms with E-state index in [0.717, 1.165) is 24.5 Å². The fraction of sp³-hybridized carbons (Fsp3) is 0.105. The molecule has 1 aromatic carbocycles. The Bertz CT molecular complexity index is 1010. The fourth-order valence-corrected chi connectivity index (χ4v) is 2.08. The van der Waals surface area contributed by atoms with E-state index in [1.165, 1.54) is 6.07 Å². The fourth-order valence-electron chi connectivity index (χ4n) is 2.08. The van der Waals surface area contributed by atoms with Gasteiger partial charge in [0.15, 0.2) is 11.6 Å². The molecule has 12 heteroatoms. The molecule has 0 saturated heterocycles. The Morgan fingerprint density at radius 1 is 1.16 bits per heavy atom. The maximum absolute atomic E-state index is 14.3. The van der Waals surface area contributed by atoms with Gasteiger partial charge in [-0.2, -0.15) is 13.2 Å². The smallest absolute Gasteiger partial charge is 0.415 e. The van der Waals surface area contributed by atoms with Gasteiger partial charge < -0.3 is 20.7 Å². The highest BCUT2D eigenvalue weighted by atomic mass is 19.4.